The smallest absolute Gasteiger partial charge is 0.0567 e. The Kier molecular flexibility index (Phi) is 1.50. The second kappa shape index (κ2) is 2.60. The predicted octanol–water partition coefficient (Wildman–Crippen LogP) is 0.0634. The van der Waals surface area contributed by atoms with Gasteiger partial charge in [-0.25, -0.2) is 9.98 Å². The van der Waals surface area contributed by atoms with Gasteiger partial charge in [0.15, 0.2) is 0 Å². The van der Waals surface area contributed by atoms with Crippen LogP contribution in [-0.4, -0.2) is 12.4 Å². The van der Waals surface area contributed by atoms with Gasteiger partial charge in [-0.15, -0.1) is 0 Å². The van der Waals surface area contributed by atoms with E-state index < -0.39 is 0 Å². The minimum Gasteiger partial charge on any atom is -0.203 e. The summed E-state index contributed by atoms with van der Waals surface area (Å²) in [6, 6.07) is 4.88. The lowest BCUT2D eigenvalue weighted by atomic mass is 10.6. The van der Waals surface area contributed by atoms with Gasteiger partial charge in [-0.2, -0.15) is 0 Å². The molecular weight excluding hydrogens is 100 g/mol. The molecule has 0 N–H and O–H groups in total. The zero-order valence-corrected chi connectivity index (χ0v) is 4.05. The zero-order valence-electron chi connectivity index (χ0n) is 4.05. The Bertz CT molecular complexity index is 211. The molecule has 0 aliphatic carbocycles. The highest BCUT2D eigenvalue weighted by molar-refractivity contribution is 6.16. The highest BCUT2D eigenvalue weighted by atomic mass is 14.7. The Balaban J connectivity index is 2.85. The summed E-state index contributed by atoms with van der Waals surface area (Å²) in [6.07, 6.45) is 3.00. The number of hydrogen-bond donors (Lipinski definition) is 0. The first kappa shape index (κ1) is 4.61. The van der Waals surface area contributed by atoms with E-state index in [9.17, 15) is 0 Å². The topological polar surface area (TPSA) is 24.7 Å². The van der Waals surface area contributed by atoms with Gasteiger partial charge in [0.25, 0.3) is 0 Å². The van der Waals surface area contributed by atoms with Gasteiger partial charge in [0.05, 0.1) is 12.4 Å². The van der Waals surface area contributed by atoms with Crippen molar-refractivity contribution >= 4 is 12.4 Å². The van der Waals surface area contributed by atoms with Crippen LogP contribution >= 0.6 is 0 Å². The fraction of sp³-hybridized carbons (Fsp3) is 0. The molecule has 0 fully saturated rings. The molecule has 1 heterocycles. The molecule has 0 aromatic heterocycles. The highest BCUT2D eigenvalue weighted by Gasteiger charge is 1.63. The van der Waals surface area contributed by atoms with Crippen LogP contribution in [0.1, 0.15) is 0 Å². The average molecular weight is 102 g/mol. The third-order valence-corrected chi connectivity index (χ3v) is 0.519. The first-order valence-corrected chi connectivity index (χ1v) is 2.05. The van der Waals surface area contributed by atoms with E-state index in [1.54, 1.807) is 0 Å². The number of nitrogens with zero attached hydrogens (tertiary/aromatic N) is 2. The lowest BCUT2D eigenvalue weighted by molar-refractivity contribution is 1.69. The average Bonchev–Trinajstić information content (AvgIpc) is 1.62. The van der Waals surface area contributed by atoms with E-state index in [4.69, 9.17) is 0 Å². The van der Waals surface area contributed by atoms with Crippen molar-refractivity contribution in [3.63, 3.8) is 0 Å². The summed E-state index contributed by atoms with van der Waals surface area (Å²) in [7, 11) is 0. The third kappa shape index (κ3) is 1.28. The normalized spacial score (nSPS) is 12.0. The standard InChI is InChI=1S/C6H2N2/c1-2-4-8-6-5-7-3-1/h5-6H. The largest absolute Gasteiger partial charge is 0.203 e. The monoisotopic (exact) mass is 102 g/mol. The fourth-order valence-electron chi connectivity index (χ4n) is 0.262. The summed E-state index contributed by atoms with van der Waals surface area (Å²) in [6.45, 7) is 0. The molecule has 0 spiro atoms. The Morgan fingerprint density at radius 3 is 1.88 bits per heavy atom. The van der Waals surface area contributed by atoms with Crippen LogP contribution in [0.25, 0.3) is 0 Å². The molecule has 1 aliphatic heterocycles. The Morgan fingerprint density at radius 1 is 0.875 bits per heavy atom. The van der Waals surface area contributed by atoms with E-state index >= 15 is 0 Å². The fourth-order valence-corrected chi connectivity index (χ4v) is 0.262. The van der Waals surface area contributed by atoms with E-state index in [0.717, 1.165) is 0 Å². The molecule has 2 nitrogen and oxygen atoms in total. The lowest BCUT2D eigenvalue weighted by Gasteiger charge is -1.68. The van der Waals surface area contributed by atoms with Gasteiger partial charge in [0.1, 0.15) is 0 Å². The molecular formula is C6H2N2. The van der Waals surface area contributed by atoms with Crippen LogP contribution in [0.4, 0.5) is 0 Å². The van der Waals surface area contributed by atoms with Crippen LogP contribution in [0.3, 0.4) is 0 Å². The van der Waals surface area contributed by atoms with Gasteiger partial charge < -0.3 is 0 Å². The molecule has 0 unspecified atom stereocenters. The number of rotatable bonds is 0. The molecule has 2 heteroatoms. The van der Waals surface area contributed by atoms with Crippen molar-refractivity contribution in [3.05, 3.63) is 0 Å². The molecule has 0 aromatic rings. The Labute approximate surface area is 47.3 Å². The van der Waals surface area contributed by atoms with E-state index in [2.05, 4.69) is 33.9 Å². The van der Waals surface area contributed by atoms with E-state index in [1.807, 2.05) is 0 Å². The van der Waals surface area contributed by atoms with Crippen LogP contribution in [0, 0.1) is 23.9 Å². The molecule has 0 saturated carbocycles. The molecule has 0 radical (unpaired) electrons. The van der Waals surface area contributed by atoms with Gasteiger partial charge in [-0.05, 0) is 0 Å². The van der Waals surface area contributed by atoms with Crippen molar-refractivity contribution in [2.45, 2.75) is 0 Å². The summed E-state index contributed by atoms with van der Waals surface area (Å²) in [5.74, 6) is 4.93. The molecule has 0 aromatic carbocycles. The van der Waals surface area contributed by atoms with Gasteiger partial charge in [-0.3, -0.25) is 0 Å². The van der Waals surface area contributed by atoms with Crippen molar-refractivity contribution in [1.82, 2.24) is 0 Å². The first-order chi connectivity index (χ1) is 4.00. The summed E-state index contributed by atoms with van der Waals surface area (Å²) in [5, 5.41) is 0. The van der Waals surface area contributed by atoms with Crippen molar-refractivity contribution in [2.75, 3.05) is 0 Å². The van der Waals surface area contributed by atoms with Crippen LogP contribution in [-0.2, 0) is 0 Å². The maximum Gasteiger partial charge on any atom is 0.0567 e. The van der Waals surface area contributed by atoms with E-state index in [-0.39, 0.29) is 0 Å². The second-order valence-electron chi connectivity index (χ2n) is 1.03. The quantitative estimate of drug-likeness (QED) is 0.386. The van der Waals surface area contributed by atoms with E-state index in [1.165, 1.54) is 12.4 Å². The Morgan fingerprint density at radius 2 is 1.38 bits per heavy atom. The van der Waals surface area contributed by atoms with E-state index in [0.29, 0.717) is 0 Å². The summed E-state index contributed by atoms with van der Waals surface area (Å²) in [5.41, 5.74) is 0. The van der Waals surface area contributed by atoms with Crippen molar-refractivity contribution in [2.24, 2.45) is 9.98 Å². The van der Waals surface area contributed by atoms with Gasteiger partial charge in [0, 0.05) is 23.9 Å². The van der Waals surface area contributed by atoms with Crippen molar-refractivity contribution in [1.29, 1.82) is 0 Å². The second-order valence-corrected chi connectivity index (χ2v) is 1.03. The van der Waals surface area contributed by atoms with Gasteiger partial charge in [0.2, 0.25) is 0 Å². The van der Waals surface area contributed by atoms with Crippen LogP contribution in [0.15, 0.2) is 9.98 Å². The molecule has 1 rings (SSSR count). The molecule has 0 amide bonds. The number of aliphatic imine (C=N–C) groups is 2. The highest BCUT2D eigenvalue weighted by Crippen LogP contribution is 1.64. The first-order valence-electron chi connectivity index (χ1n) is 2.05. The SMILES string of the molecule is C1#CN=CC=NC#C1. The molecule has 8 heavy (non-hydrogen) atoms. The van der Waals surface area contributed by atoms with Crippen LogP contribution < -0.4 is 0 Å². The summed E-state index contributed by atoms with van der Waals surface area (Å²) >= 11 is 0. The number of hydrogen-bond acceptors (Lipinski definition) is 2. The minimum atomic E-state index is 1.50. The van der Waals surface area contributed by atoms with Crippen molar-refractivity contribution < 1.29 is 0 Å². The molecule has 0 atom stereocenters. The Hall–Kier alpha value is -1.54. The van der Waals surface area contributed by atoms with Crippen LogP contribution in [0.5, 0.6) is 0 Å². The molecule has 0 bridgehead atoms. The third-order valence-electron chi connectivity index (χ3n) is 0.519. The van der Waals surface area contributed by atoms with Crippen molar-refractivity contribution in [3.8, 4) is 23.9 Å². The molecule has 0 saturated heterocycles. The maximum atomic E-state index is 3.59. The summed E-state index contributed by atoms with van der Waals surface area (Å²) < 4.78 is 0. The molecule has 1 aliphatic rings. The molecule has 36 valence electrons. The maximum absolute atomic E-state index is 3.59. The zero-order chi connectivity index (χ0) is 5.66. The lowest BCUT2D eigenvalue weighted by Crippen LogP contribution is -1.72. The van der Waals surface area contributed by atoms with Gasteiger partial charge in [-0.1, -0.05) is 0 Å². The minimum absolute atomic E-state index is 1.50. The van der Waals surface area contributed by atoms with Crippen LogP contribution in [0.2, 0.25) is 0 Å². The predicted molar refractivity (Wildman–Crippen MR) is 32.5 cm³/mol. The summed E-state index contributed by atoms with van der Waals surface area (Å²) in [4.78, 5) is 7.19. The van der Waals surface area contributed by atoms with Gasteiger partial charge >= 0.3 is 0 Å².